The van der Waals surface area contributed by atoms with E-state index in [1.165, 1.54) is 0 Å². The third-order valence-corrected chi connectivity index (χ3v) is 3.88. The molecule has 4 nitrogen and oxygen atoms in total. The highest BCUT2D eigenvalue weighted by Gasteiger charge is 2.10. The number of anilines is 1. The molecule has 0 radical (unpaired) electrons. The van der Waals surface area contributed by atoms with E-state index in [1.807, 2.05) is 38.4 Å². The minimum absolute atomic E-state index is 0.277. The molecule has 96 valence electrons. The zero-order valence-corrected chi connectivity index (χ0v) is 12.7. The molecule has 0 aliphatic rings. The lowest BCUT2D eigenvalue weighted by molar-refractivity contribution is 0.547. The molecule has 0 aromatic carbocycles. The summed E-state index contributed by atoms with van der Waals surface area (Å²) < 4.78 is 1.10. The van der Waals surface area contributed by atoms with Gasteiger partial charge in [0, 0.05) is 34.9 Å². The predicted molar refractivity (Wildman–Crippen MR) is 79.8 cm³/mol. The zero-order chi connectivity index (χ0) is 13.2. The molecular formula is C12H15BrN4S. The molecule has 0 saturated carbocycles. The number of halogens is 1. The molecule has 18 heavy (non-hydrogen) atoms. The zero-order valence-electron chi connectivity index (χ0n) is 10.3. The molecule has 2 aromatic heterocycles. The van der Waals surface area contributed by atoms with Crippen LogP contribution in [0.2, 0.25) is 0 Å². The number of aromatic nitrogens is 2. The average Bonchev–Trinajstić information content (AvgIpc) is 2.73. The first-order chi connectivity index (χ1) is 8.44. The molecule has 0 atom stereocenters. The smallest absolute Gasteiger partial charge is 0.222 e. The number of hydrogen-bond donors (Lipinski definition) is 2. The first-order valence-electron chi connectivity index (χ1n) is 5.54. The summed E-state index contributed by atoms with van der Waals surface area (Å²) in [4.78, 5) is 9.71. The van der Waals surface area contributed by atoms with E-state index in [9.17, 15) is 0 Å². The Kier molecular flexibility index (Phi) is 3.99. The van der Waals surface area contributed by atoms with Crippen LogP contribution in [0.4, 0.5) is 5.95 Å². The van der Waals surface area contributed by atoms with Gasteiger partial charge in [-0.3, -0.25) is 0 Å². The van der Waals surface area contributed by atoms with Gasteiger partial charge in [-0.1, -0.05) is 0 Å². The van der Waals surface area contributed by atoms with Gasteiger partial charge >= 0.3 is 0 Å². The van der Waals surface area contributed by atoms with E-state index < -0.39 is 0 Å². The molecule has 0 fully saturated rings. The average molecular weight is 327 g/mol. The van der Waals surface area contributed by atoms with Gasteiger partial charge in [-0.15, -0.1) is 11.3 Å². The highest BCUT2D eigenvalue weighted by Crippen LogP contribution is 2.30. The van der Waals surface area contributed by atoms with Crippen LogP contribution in [0.1, 0.15) is 13.8 Å². The van der Waals surface area contributed by atoms with Gasteiger partial charge in [-0.05, 0) is 41.9 Å². The van der Waals surface area contributed by atoms with Crippen LogP contribution >= 0.6 is 27.3 Å². The number of nitrogens with one attached hydrogen (secondary N) is 1. The summed E-state index contributed by atoms with van der Waals surface area (Å²) >= 11 is 5.10. The van der Waals surface area contributed by atoms with Gasteiger partial charge in [0.15, 0.2) is 0 Å². The van der Waals surface area contributed by atoms with Crippen LogP contribution in [0.25, 0.3) is 10.4 Å². The van der Waals surface area contributed by atoms with Crippen molar-refractivity contribution in [3.8, 4) is 10.4 Å². The molecule has 0 spiro atoms. The van der Waals surface area contributed by atoms with Crippen molar-refractivity contribution < 1.29 is 0 Å². The Balaban J connectivity index is 2.06. The Bertz CT molecular complexity index is 516. The Hall–Kier alpha value is -0.980. The standard InChI is InChI=1S/C12H15BrN4S/c1-12(2,14)7-17-11-15-5-8(6-16-11)9-3-4-10(13)18-9/h3-6H,7,14H2,1-2H3,(H,15,16,17). The highest BCUT2D eigenvalue weighted by molar-refractivity contribution is 9.11. The molecule has 2 rings (SSSR count). The van der Waals surface area contributed by atoms with Gasteiger partial charge in [0.25, 0.3) is 0 Å². The lowest BCUT2D eigenvalue weighted by Crippen LogP contribution is -2.39. The normalized spacial score (nSPS) is 11.6. The maximum atomic E-state index is 5.89. The first kappa shape index (κ1) is 13.5. The summed E-state index contributed by atoms with van der Waals surface area (Å²) in [6.45, 7) is 4.55. The largest absolute Gasteiger partial charge is 0.352 e. The van der Waals surface area contributed by atoms with Gasteiger partial charge < -0.3 is 11.1 Å². The maximum Gasteiger partial charge on any atom is 0.222 e. The maximum absolute atomic E-state index is 5.89. The van der Waals surface area contributed by atoms with Crippen LogP contribution < -0.4 is 11.1 Å². The van der Waals surface area contributed by atoms with E-state index in [2.05, 4.69) is 31.2 Å². The van der Waals surface area contributed by atoms with E-state index >= 15 is 0 Å². The van der Waals surface area contributed by atoms with Crippen molar-refractivity contribution in [1.82, 2.24) is 9.97 Å². The summed E-state index contributed by atoms with van der Waals surface area (Å²) in [6.07, 6.45) is 3.63. The Morgan fingerprint density at radius 1 is 1.33 bits per heavy atom. The van der Waals surface area contributed by atoms with Crippen LogP contribution in [0, 0.1) is 0 Å². The van der Waals surface area contributed by atoms with Crippen LogP contribution in [-0.4, -0.2) is 22.1 Å². The summed E-state index contributed by atoms with van der Waals surface area (Å²) in [7, 11) is 0. The SMILES string of the molecule is CC(C)(N)CNc1ncc(-c2ccc(Br)s2)cn1. The van der Waals surface area contributed by atoms with E-state index in [-0.39, 0.29) is 5.54 Å². The number of rotatable bonds is 4. The van der Waals surface area contributed by atoms with Crippen LogP contribution in [-0.2, 0) is 0 Å². The monoisotopic (exact) mass is 326 g/mol. The number of nitrogens with zero attached hydrogens (tertiary/aromatic N) is 2. The van der Waals surface area contributed by atoms with Gasteiger partial charge in [-0.2, -0.15) is 0 Å². The van der Waals surface area contributed by atoms with Gasteiger partial charge in [0.1, 0.15) is 0 Å². The molecule has 3 N–H and O–H groups in total. The van der Waals surface area contributed by atoms with Crippen molar-refractivity contribution in [2.24, 2.45) is 5.73 Å². The Labute approximate surface area is 119 Å². The van der Waals surface area contributed by atoms with Crippen LogP contribution in [0.3, 0.4) is 0 Å². The fraction of sp³-hybridized carbons (Fsp3) is 0.333. The van der Waals surface area contributed by atoms with E-state index in [1.54, 1.807) is 11.3 Å². The molecule has 0 aliphatic heterocycles. The summed E-state index contributed by atoms with van der Waals surface area (Å²) in [5, 5.41) is 3.12. The Morgan fingerprint density at radius 3 is 2.50 bits per heavy atom. The third kappa shape index (κ3) is 3.76. The molecule has 0 aliphatic carbocycles. The van der Waals surface area contributed by atoms with E-state index in [0.29, 0.717) is 12.5 Å². The Morgan fingerprint density at radius 2 is 2.00 bits per heavy atom. The highest BCUT2D eigenvalue weighted by atomic mass is 79.9. The van der Waals surface area contributed by atoms with Crippen molar-refractivity contribution >= 4 is 33.2 Å². The molecule has 0 saturated heterocycles. The topological polar surface area (TPSA) is 63.8 Å². The van der Waals surface area contributed by atoms with Crippen molar-refractivity contribution in [1.29, 1.82) is 0 Å². The minimum Gasteiger partial charge on any atom is -0.352 e. The molecule has 0 bridgehead atoms. The summed E-state index contributed by atoms with van der Waals surface area (Å²) in [5.74, 6) is 0.605. The second kappa shape index (κ2) is 5.34. The number of thiophene rings is 1. The van der Waals surface area contributed by atoms with E-state index in [0.717, 1.165) is 14.2 Å². The van der Waals surface area contributed by atoms with Crippen LogP contribution in [0.15, 0.2) is 28.3 Å². The molecule has 0 unspecified atom stereocenters. The summed E-state index contributed by atoms with van der Waals surface area (Å²) in [5.41, 5.74) is 6.63. The minimum atomic E-state index is -0.277. The van der Waals surface area contributed by atoms with Gasteiger partial charge in [0.05, 0.1) is 3.79 Å². The van der Waals surface area contributed by atoms with Gasteiger partial charge in [0.2, 0.25) is 5.95 Å². The van der Waals surface area contributed by atoms with Gasteiger partial charge in [-0.25, -0.2) is 9.97 Å². The van der Waals surface area contributed by atoms with Crippen molar-refractivity contribution in [3.63, 3.8) is 0 Å². The first-order valence-corrected chi connectivity index (χ1v) is 7.15. The lowest BCUT2D eigenvalue weighted by Gasteiger charge is -2.18. The molecular weight excluding hydrogens is 312 g/mol. The van der Waals surface area contributed by atoms with E-state index in [4.69, 9.17) is 5.73 Å². The van der Waals surface area contributed by atoms with Crippen molar-refractivity contribution in [2.45, 2.75) is 19.4 Å². The number of hydrogen-bond acceptors (Lipinski definition) is 5. The number of nitrogens with two attached hydrogens (primary N) is 1. The quantitative estimate of drug-likeness (QED) is 0.906. The second-order valence-electron chi connectivity index (χ2n) is 4.74. The summed E-state index contributed by atoms with van der Waals surface area (Å²) in [6, 6.07) is 4.06. The molecule has 2 aromatic rings. The molecule has 2 heterocycles. The van der Waals surface area contributed by atoms with Crippen molar-refractivity contribution in [3.05, 3.63) is 28.3 Å². The second-order valence-corrected chi connectivity index (χ2v) is 7.20. The van der Waals surface area contributed by atoms with Crippen LogP contribution in [0.5, 0.6) is 0 Å². The predicted octanol–water partition coefficient (Wildman–Crippen LogP) is 3.12. The van der Waals surface area contributed by atoms with Crippen molar-refractivity contribution in [2.75, 3.05) is 11.9 Å². The fourth-order valence-corrected chi connectivity index (χ4v) is 2.68. The fourth-order valence-electron chi connectivity index (χ4n) is 1.32. The lowest BCUT2D eigenvalue weighted by atomic mass is 10.1. The third-order valence-electron chi connectivity index (χ3n) is 2.21. The molecule has 0 amide bonds. The molecule has 6 heteroatoms.